The molecule has 0 spiro atoms. The Balaban J connectivity index is 2.07. The summed E-state index contributed by atoms with van der Waals surface area (Å²) < 4.78 is 31.0. The molecule has 0 radical (unpaired) electrons. The lowest BCUT2D eigenvalue weighted by molar-refractivity contribution is 0.127. The summed E-state index contributed by atoms with van der Waals surface area (Å²) in [6, 6.07) is 4.49. The molecule has 0 amide bonds. The zero-order chi connectivity index (χ0) is 12.4. The zero-order valence-corrected chi connectivity index (χ0v) is 10.5. The quantitative estimate of drug-likeness (QED) is 0.841. The summed E-state index contributed by atoms with van der Waals surface area (Å²) in [7, 11) is -1.10. The van der Waals surface area contributed by atoms with Gasteiger partial charge in [0.05, 0.1) is 17.1 Å². The summed E-state index contributed by atoms with van der Waals surface area (Å²) in [4.78, 5) is 0. The van der Waals surface area contributed by atoms with Crippen molar-refractivity contribution in [3.05, 3.63) is 29.6 Å². The van der Waals surface area contributed by atoms with E-state index >= 15 is 0 Å². The highest BCUT2D eigenvalue weighted by molar-refractivity contribution is 7.84. The van der Waals surface area contributed by atoms with Crippen molar-refractivity contribution in [1.82, 2.24) is 0 Å². The summed E-state index contributed by atoms with van der Waals surface area (Å²) in [5.41, 5.74) is 6.31. The Morgan fingerprint density at radius 1 is 1.59 bits per heavy atom. The van der Waals surface area contributed by atoms with Crippen molar-refractivity contribution in [3.8, 4) is 0 Å². The van der Waals surface area contributed by atoms with Crippen molar-refractivity contribution in [3.63, 3.8) is 0 Å². The van der Waals surface area contributed by atoms with E-state index in [-0.39, 0.29) is 22.9 Å². The van der Waals surface area contributed by atoms with Crippen molar-refractivity contribution in [2.24, 2.45) is 0 Å². The molecule has 17 heavy (non-hydrogen) atoms. The van der Waals surface area contributed by atoms with Crippen molar-refractivity contribution in [2.75, 3.05) is 12.3 Å². The minimum Gasteiger partial charge on any atom is -0.399 e. The normalized spacial score (nSPS) is 26.0. The molecule has 3 nitrogen and oxygen atoms in total. The maximum Gasteiger partial charge on any atom is 0.129 e. The van der Waals surface area contributed by atoms with Gasteiger partial charge in [0.1, 0.15) is 5.82 Å². The predicted octanol–water partition coefficient (Wildman–Crippen LogP) is 1.83. The third-order valence-corrected chi connectivity index (χ3v) is 4.91. The van der Waals surface area contributed by atoms with Crippen molar-refractivity contribution in [2.45, 2.75) is 30.5 Å². The van der Waals surface area contributed by atoms with Crippen LogP contribution in [-0.4, -0.2) is 22.2 Å². The van der Waals surface area contributed by atoms with Gasteiger partial charge in [-0.3, -0.25) is 4.21 Å². The first-order valence-corrected chi connectivity index (χ1v) is 6.99. The summed E-state index contributed by atoms with van der Waals surface area (Å²) >= 11 is 0. The highest BCUT2D eigenvalue weighted by atomic mass is 32.2. The first-order valence-electron chi connectivity index (χ1n) is 5.60. The van der Waals surface area contributed by atoms with Gasteiger partial charge in [0.25, 0.3) is 0 Å². The van der Waals surface area contributed by atoms with Crippen LogP contribution in [0, 0.1) is 5.82 Å². The van der Waals surface area contributed by atoms with Gasteiger partial charge in [0.2, 0.25) is 0 Å². The zero-order valence-electron chi connectivity index (χ0n) is 9.69. The first-order chi connectivity index (χ1) is 8.08. The molecule has 0 aliphatic carbocycles. The Morgan fingerprint density at radius 3 is 2.94 bits per heavy atom. The highest BCUT2D eigenvalue weighted by Gasteiger charge is 2.29. The minimum atomic E-state index is -1.10. The van der Waals surface area contributed by atoms with E-state index in [1.807, 2.05) is 6.92 Å². The molecule has 3 unspecified atom stereocenters. The average molecular weight is 257 g/mol. The fourth-order valence-corrected chi connectivity index (χ4v) is 3.62. The van der Waals surface area contributed by atoms with E-state index in [1.165, 1.54) is 6.07 Å². The van der Waals surface area contributed by atoms with Gasteiger partial charge in [0, 0.05) is 28.7 Å². The molecule has 1 aliphatic rings. The van der Waals surface area contributed by atoms with Crippen LogP contribution in [0.5, 0.6) is 0 Å². The number of hydrogen-bond acceptors (Lipinski definition) is 3. The SMILES string of the molecule is CC1OCCC1S(=O)Cc1ccc(N)cc1F. The van der Waals surface area contributed by atoms with Gasteiger partial charge in [0.15, 0.2) is 0 Å². The lowest BCUT2D eigenvalue weighted by Gasteiger charge is -2.14. The molecule has 1 saturated heterocycles. The molecule has 2 N–H and O–H groups in total. The largest absolute Gasteiger partial charge is 0.399 e. The van der Waals surface area contributed by atoms with E-state index in [0.29, 0.717) is 17.9 Å². The fraction of sp³-hybridized carbons (Fsp3) is 0.500. The standard InChI is InChI=1S/C12H16FNO2S/c1-8-12(4-5-16-8)17(15)7-9-2-3-10(14)6-11(9)13/h2-3,6,8,12H,4-5,7,14H2,1H3. The van der Waals surface area contributed by atoms with Gasteiger partial charge in [-0.1, -0.05) is 6.07 Å². The number of ether oxygens (including phenoxy) is 1. The van der Waals surface area contributed by atoms with Crippen LogP contribution >= 0.6 is 0 Å². The topological polar surface area (TPSA) is 52.3 Å². The summed E-state index contributed by atoms with van der Waals surface area (Å²) in [5, 5.41) is 0.00644. The maximum atomic E-state index is 13.5. The van der Waals surface area contributed by atoms with Crippen LogP contribution in [0.4, 0.5) is 10.1 Å². The molecule has 3 atom stereocenters. The lowest BCUT2D eigenvalue weighted by atomic mass is 10.2. The maximum absolute atomic E-state index is 13.5. The summed E-state index contributed by atoms with van der Waals surface area (Å²) in [5.74, 6) is -0.158. The van der Waals surface area contributed by atoms with E-state index in [0.717, 1.165) is 6.42 Å². The van der Waals surface area contributed by atoms with Crippen LogP contribution in [0.1, 0.15) is 18.9 Å². The van der Waals surface area contributed by atoms with Crippen LogP contribution in [0.2, 0.25) is 0 Å². The predicted molar refractivity (Wildman–Crippen MR) is 66.5 cm³/mol. The van der Waals surface area contributed by atoms with Gasteiger partial charge < -0.3 is 10.5 Å². The van der Waals surface area contributed by atoms with Crippen molar-refractivity contribution >= 4 is 16.5 Å². The Bertz CT molecular complexity index is 439. The Hall–Kier alpha value is -0.940. The molecular weight excluding hydrogens is 241 g/mol. The third kappa shape index (κ3) is 2.84. The van der Waals surface area contributed by atoms with E-state index in [4.69, 9.17) is 10.5 Å². The fourth-order valence-electron chi connectivity index (χ4n) is 2.00. The van der Waals surface area contributed by atoms with Crippen LogP contribution in [0.3, 0.4) is 0 Å². The highest BCUT2D eigenvalue weighted by Crippen LogP contribution is 2.22. The minimum absolute atomic E-state index is 0.00644. The van der Waals surface area contributed by atoms with E-state index in [9.17, 15) is 8.60 Å². The molecule has 2 rings (SSSR count). The van der Waals surface area contributed by atoms with E-state index in [1.54, 1.807) is 12.1 Å². The van der Waals surface area contributed by atoms with Gasteiger partial charge in [-0.15, -0.1) is 0 Å². The third-order valence-electron chi connectivity index (χ3n) is 3.02. The number of anilines is 1. The molecule has 1 aromatic rings. The van der Waals surface area contributed by atoms with Gasteiger partial charge in [-0.25, -0.2) is 4.39 Å². The molecule has 1 aliphatic heterocycles. The molecule has 0 aromatic heterocycles. The van der Waals surface area contributed by atoms with Gasteiger partial charge >= 0.3 is 0 Å². The molecule has 1 heterocycles. The second-order valence-corrected chi connectivity index (χ2v) is 5.93. The Labute approximate surface area is 103 Å². The second kappa shape index (κ2) is 5.14. The number of rotatable bonds is 3. The van der Waals surface area contributed by atoms with Crippen LogP contribution in [0.25, 0.3) is 0 Å². The molecule has 1 fully saturated rings. The Morgan fingerprint density at radius 2 is 2.35 bits per heavy atom. The van der Waals surface area contributed by atoms with Crippen LogP contribution in [-0.2, 0) is 21.3 Å². The molecule has 5 heteroatoms. The van der Waals surface area contributed by atoms with E-state index in [2.05, 4.69) is 0 Å². The van der Waals surface area contributed by atoms with Crippen molar-refractivity contribution < 1.29 is 13.3 Å². The molecule has 0 saturated carbocycles. The van der Waals surface area contributed by atoms with Gasteiger partial charge in [-0.2, -0.15) is 0 Å². The summed E-state index contributed by atoms with van der Waals surface area (Å²) in [6.07, 6.45) is 0.775. The first kappa shape index (κ1) is 12.5. The lowest BCUT2D eigenvalue weighted by Crippen LogP contribution is -2.24. The number of nitrogen functional groups attached to an aromatic ring is 1. The van der Waals surface area contributed by atoms with Crippen LogP contribution in [0.15, 0.2) is 18.2 Å². The van der Waals surface area contributed by atoms with Crippen molar-refractivity contribution in [1.29, 1.82) is 0 Å². The van der Waals surface area contributed by atoms with E-state index < -0.39 is 10.8 Å². The molecular formula is C12H16FNO2S. The molecule has 94 valence electrons. The molecule has 1 aromatic carbocycles. The number of halogens is 1. The molecule has 0 bridgehead atoms. The number of nitrogens with two attached hydrogens (primary N) is 1. The smallest absolute Gasteiger partial charge is 0.129 e. The van der Waals surface area contributed by atoms with Crippen LogP contribution < -0.4 is 5.73 Å². The Kier molecular flexibility index (Phi) is 3.79. The second-order valence-electron chi connectivity index (χ2n) is 4.28. The van der Waals surface area contributed by atoms with Gasteiger partial charge in [-0.05, 0) is 25.5 Å². The number of hydrogen-bond donors (Lipinski definition) is 1. The monoisotopic (exact) mass is 257 g/mol. The average Bonchev–Trinajstić information content (AvgIpc) is 2.68. The summed E-state index contributed by atoms with van der Waals surface area (Å²) in [6.45, 7) is 2.55. The number of benzene rings is 1.